The summed E-state index contributed by atoms with van der Waals surface area (Å²) in [5.41, 5.74) is 3.53. The van der Waals surface area contributed by atoms with Crippen LogP contribution in [0.1, 0.15) is 35.7 Å². The van der Waals surface area contributed by atoms with E-state index in [0.717, 1.165) is 23.1 Å². The maximum atomic E-state index is 14.6. The molecule has 140 valence electrons. The van der Waals surface area contributed by atoms with Crippen molar-refractivity contribution in [3.8, 4) is 5.75 Å². The van der Waals surface area contributed by atoms with Gasteiger partial charge in [-0.05, 0) is 37.1 Å². The highest BCUT2D eigenvalue weighted by Gasteiger charge is 2.12. The molecule has 6 heteroatoms. The van der Waals surface area contributed by atoms with Crippen LogP contribution in [-0.2, 0) is 6.54 Å². The Labute approximate surface area is 161 Å². The predicted molar refractivity (Wildman–Crippen MR) is 107 cm³/mol. The zero-order valence-corrected chi connectivity index (χ0v) is 15.9. The van der Waals surface area contributed by atoms with E-state index in [1.807, 2.05) is 12.1 Å². The number of benzene rings is 2. The Balaban J connectivity index is 1.60. The minimum atomic E-state index is -0.435. The van der Waals surface area contributed by atoms with Gasteiger partial charge in [0, 0.05) is 17.7 Å². The number of carbonyl (C=O) groups is 1. The van der Waals surface area contributed by atoms with E-state index in [1.54, 1.807) is 35.8 Å². The summed E-state index contributed by atoms with van der Waals surface area (Å²) in [5.74, 6) is -0.478. The summed E-state index contributed by atoms with van der Waals surface area (Å²) in [7, 11) is 0. The molecule has 0 aliphatic heterocycles. The van der Waals surface area contributed by atoms with Gasteiger partial charge < -0.3 is 10.1 Å². The van der Waals surface area contributed by atoms with Crippen molar-refractivity contribution in [2.45, 2.75) is 26.3 Å². The van der Waals surface area contributed by atoms with Crippen LogP contribution in [0.3, 0.4) is 0 Å². The first kappa shape index (κ1) is 19.0. The summed E-state index contributed by atoms with van der Waals surface area (Å²) in [6.45, 7) is 2.57. The lowest BCUT2D eigenvalue weighted by molar-refractivity contribution is 0.0950. The number of aromatic nitrogens is 1. The molecule has 2 aromatic carbocycles. The molecule has 0 atom stereocenters. The average molecular weight is 384 g/mol. The number of nitrogens with zero attached hydrogens (tertiary/aromatic N) is 1. The zero-order valence-electron chi connectivity index (χ0n) is 15.1. The van der Waals surface area contributed by atoms with Crippen LogP contribution >= 0.6 is 11.3 Å². The molecule has 3 rings (SSSR count). The van der Waals surface area contributed by atoms with E-state index in [-0.39, 0.29) is 18.2 Å². The maximum Gasteiger partial charge on any atom is 0.251 e. The molecular weight excluding hydrogens is 363 g/mol. The second kappa shape index (κ2) is 9.28. The molecule has 0 fully saturated rings. The fourth-order valence-electron chi connectivity index (χ4n) is 2.60. The Morgan fingerprint density at radius 1 is 1.30 bits per heavy atom. The number of ether oxygens (including phenoxy) is 1. The van der Waals surface area contributed by atoms with Crippen molar-refractivity contribution >= 4 is 27.5 Å². The van der Waals surface area contributed by atoms with Crippen molar-refractivity contribution in [1.29, 1.82) is 0 Å². The van der Waals surface area contributed by atoms with Gasteiger partial charge in [-0.25, -0.2) is 9.37 Å². The molecule has 0 saturated carbocycles. The first-order valence-electron chi connectivity index (χ1n) is 8.85. The Kier molecular flexibility index (Phi) is 6.54. The lowest BCUT2D eigenvalue weighted by atomic mass is 10.1. The summed E-state index contributed by atoms with van der Waals surface area (Å²) in [5, 5.41) is 2.76. The van der Waals surface area contributed by atoms with Crippen molar-refractivity contribution in [3.63, 3.8) is 0 Å². The molecule has 1 N–H and O–H groups in total. The first-order chi connectivity index (χ1) is 13.2. The molecule has 0 bridgehead atoms. The zero-order chi connectivity index (χ0) is 19.1. The number of carbonyl (C=O) groups excluding carboxylic acids is 1. The van der Waals surface area contributed by atoms with Crippen molar-refractivity contribution in [2.24, 2.45) is 0 Å². The van der Waals surface area contributed by atoms with E-state index in [0.29, 0.717) is 17.7 Å². The van der Waals surface area contributed by atoms with E-state index < -0.39 is 5.82 Å². The standard InChI is InChI=1S/C21H21FN2O2S/c1-2-3-4-5-11-26-18-8-6-7-16(20(18)22)13-23-21(25)15-9-10-17-19(12-15)27-14-24-17/h3-4,6-10,12,14H,2,5,11,13H2,1H3,(H,23,25). The topological polar surface area (TPSA) is 51.2 Å². The van der Waals surface area contributed by atoms with Crippen LogP contribution in [0.2, 0.25) is 0 Å². The van der Waals surface area contributed by atoms with Crippen LogP contribution < -0.4 is 10.1 Å². The highest BCUT2D eigenvalue weighted by Crippen LogP contribution is 2.22. The van der Waals surface area contributed by atoms with Gasteiger partial charge in [0.15, 0.2) is 11.6 Å². The number of fused-ring (bicyclic) bond motifs is 1. The molecule has 1 heterocycles. The number of amides is 1. The summed E-state index contributed by atoms with van der Waals surface area (Å²) < 4.78 is 21.0. The number of allylic oxidation sites excluding steroid dienone is 1. The van der Waals surface area contributed by atoms with Gasteiger partial charge in [-0.3, -0.25) is 4.79 Å². The van der Waals surface area contributed by atoms with Crippen LogP contribution in [-0.4, -0.2) is 17.5 Å². The van der Waals surface area contributed by atoms with Crippen LogP contribution in [0.4, 0.5) is 4.39 Å². The van der Waals surface area contributed by atoms with Gasteiger partial charge in [-0.15, -0.1) is 11.3 Å². The third-order valence-corrected chi connectivity index (χ3v) is 4.81. The average Bonchev–Trinajstić information content (AvgIpc) is 3.15. The maximum absolute atomic E-state index is 14.6. The molecule has 1 aromatic heterocycles. The fraction of sp³-hybridized carbons (Fsp3) is 0.238. The summed E-state index contributed by atoms with van der Waals surface area (Å²) in [6, 6.07) is 10.3. The third kappa shape index (κ3) is 4.92. The van der Waals surface area contributed by atoms with Gasteiger partial charge in [0.25, 0.3) is 5.91 Å². The van der Waals surface area contributed by atoms with Crippen LogP contribution in [0, 0.1) is 5.82 Å². The number of halogens is 1. The van der Waals surface area contributed by atoms with E-state index in [4.69, 9.17) is 4.74 Å². The molecule has 4 nitrogen and oxygen atoms in total. The van der Waals surface area contributed by atoms with Crippen LogP contribution in [0.25, 0.3) is 10.2 Å². The smallest absolute Gasteiger partial charge is 0.251 e. The van der Waals surface area contributed by atoms with Crippen molar-refractivity contribution in [2.75, 3.05) is 6.61 Å². The Morgan fingerprint density at radius 2 is 2.19 bits per heavy atom. The summed E-state index contributed by atoms with van der Waals surface area (Å²) in [6.07, 6.45) is 5.77. The molecular formula is C21H21FN2O2S. The highest BCUT2D eigenvalue weighted by atomic mass is 32.1. The van der Waals surface area contributed by atoms with Gasteiger partial charge in [-0.1, -0.05) is 31.2 Å². The number of rotatable bonds is 8. The quantitative estimate of drug-likeness (QED) is 0.434. The summed E-state index contributed by atoms with van der Waals surface area (Å²) >= 11 is 1.48. The number of thiazole rings is 1. The van der Waals surface area contributed by atoms with E-state index in [2.05, 4.69) is 23.3 Å². The highest BCUT2D eigenvalue weighted by molar-refractivity contribution is 7.16. The van der Waals surface area contributed by atoms with Crippen molar-refractivity contribution in [1.82, 2.24) is 10.3 Å². The monoisotopic (exact) mass is 384 g/mol. The predicted octanol–water partition coefficient (Wildman–Crippen LogP) is 5.10. The van der Waals surface area contributed by atoms with Gasteiger partial charge in [-0.2, -0.15) is 0 Å². The van der Waals surface area contributed by atoms with E-state index >= 15 is 0 Å². The minimum Gasteiger partial charge on any atom is -0.490 e. The third-order valence-electron chi connectivity index (χ3n) is 4.02. The Hall–Kier alpha value is -2.73. The molecule has 1 amide bonds. The van der Waals surface area contributed by atoms with E-state index in [9.17, 15) is 9.18 Å². The number of nitrogens with one attached hydrogen (secondary N) is 1. The molecule has 27 heavy (non-hydrogen) atoms. The minimum absolute atomic E-state index is 0.0956. The van der Waals surface area contributed by atoms with Gasteiger partial charge in [0.05, 0.1) is 22.3 Å². The Morgan fingerprint density at radius 3 is 3.04 bits per heavy atom. The van der Waals surface area contributed by atoms with Crippen molar-refractivity contribution < 1.29 is 13.9 Å². The fourth-order valence-corrected chi connectivity index (χ4v) is 3.32. The first-order valence-corrected chi connectivity index (χ1v) is 9.73. The Bertz CT molecular complexity index is 952. The molecule has 3 aromatic rings. The normalized spacial score (nSPS) is 11.2. The van der Waals surface area contributed by atoms with Crippen LogP contribution in [0.15, 0.2) is 54.1 Å². The second-order valence-electron chi connectivity index (χ2n) is 5.96. The lowest BCUT2D eigenvalue weighted by Gasteiger charge is -2.10. The molecule has 0 aliphatic carbocycles. The number of hydrogen-bond acceptors (Lipinski definition) is 4. The number of hydrogen-bond donors (Lipinski definition) is 1. The van der Waals surface area contributed by atoms with Gasteiger partial charge in [0.1, 0.15) is 0 Å². The molecule has 0 aliphatic rings. The van der Waals surface area contributed by atoms with E-state index in [1.165, 1.54) is 11.3 Å². The molecule has 0 spiro atoms. The van der Waals surface area contributed by atoms with Gasteiger partial charge in [0.2, 0.25) is 0 Å². The largest absolute Gasteiger partial charge is 0.490 e. The molecule has 0 saturated heterocycles. The van der Waals surface area contributed by atoms with Crippen molar-refractivity contribution in [3.05, 3.63) is 71.0 Å². The van der Waals surface area contributed by atoms with Gasteiger partial charge >= 0.3 is 0 Å². The molecule has 0 unspecified atom stereocenters. The second-order valence-corrected chi connectivity index (χ2v) is 6.85. The SMILES string of the molecule is CCC=CCCOc1cccc(CNC(=O)c2ccc3ncsc3c2)c1F. The van der Waals surface area contributed by atoms with Crippen LogP contribution in [0.5, 0.6) is 5.75 Å². The molecule has 0 radical (unpaired) electrons. The lowest BCUT2D eigenvalue weighted by Crippen LogP contribution is -2.23. The summed E-state index contributed by atoms with van der Waals surface area (Å²) in [4.78, 5) is 16.6.